The van der Waals surface area contributed by atoms with Gasteiger partial charge in [-0.3, -0.25) is 0 Å². The highest BCUT2D eigenvalue weighted by atomic mass is 79.9. The van der Waals surface area contributed by atoms with E-state index in [0.29, 0.717) is 15.9 Å². The van der Waals surface area contributed by atoms with Gasteiger partial charge in [0.25, 0.3) is 0 Å². The molecule has 0 aliphatic carbocycles. The van der Waals surface area contributed by atoms with E-state index in [9.17, 15) is 4.39 Å². The summed E-state index contributed by atoms with van der Waals surface area (Å²) in [5.74, 6) is 1.10. The average molecular weight is 348 g/mol. The van der Waals surface area contributed by atoms with Crippen LogP contribution in [0.3, 0.4) is 0 Å². The van der Waals surface area contributed by atoms with Gasteiger partial charge in [-0.2, -0.15) is 0 Å². The van der Waals surface area contributed by atoms with Crippen LogP contribution >= 0.6 is 27.5 Å². The van der Waals surface area contributed by atoms with Crippen molar-refractivity contribution in [2.75, 3.05) is 0 Å². The van der Waals surface area contributed by atoms with E-state index in [1.165, 1.54) is 6.07 Å². The SMILES string of the molecule is CC(C)CCn1c(C(C)Cl)nc2cc(F)c(Br)cc21. The van der Waals surface area contributed by atoms with Crippen LogP contribution in [0.1, 0.15) is 38.4 Å². The Labute approximate surface area is 126 Å². The molecule has 1 unspecified atom stereocenters. The second kappa shape index (κ2) is 5.80. The second-order valence-electron chi connectivity index (χ2n) is 5.18. The van der Waals surface area contributed by atoms with Gasteiger partial charge in [-0.1, -0.05) is 13.8 Å². The first-order valence-corrected chi connectivity index (χ1v) is 7.62. The summed E-state index contributed by atoms with van der Waals surface area (Å²) in [5, 5.41) is -0.193. The number of nitrogens with zero attached hydrogens (tertiary/aromatic N) is 2. The van der Waals surface area contributed by atoms with Crippen molar-refractivity contribution in [1.82, 2.24) is 9.55 Å². The maximum Gasteiger partial charge on any atom is 0.139 e. The molecule has 5 heteroatoms. The molecule has 2 aromatic rings. The summed E-state index contributed by atoms with van der Waals surface area (Å²) in [5.41, 5.74) is 1.59. The smallest absolute Gasteiger partial charge is 0.139 e. The highest BCUT2D eigenvalue weighted by Crippen LogP contribution is 2.29. The number of rotatable bonds is 4. The van der Waals surface area contributed by atoms with Gasteiger partial charge in [0.2, 0.25) is 0 Å². The molecule has 1 heterocycles. The molecule has 0 amide bonds. The van der Waals surface area contributed by atoms with Gasteiger partial charge in [0.05, 0.1) is 20.9 Å². The molecule has 0 bridgehead atoms. The number of hydrogen-bond donors (Lipinski definition) is 0. The molecule has 0 spiro atoms. The molecule has 19 heavy (non-hydrogen) atoms. The minimum absolute atomic E-state index is 0.193. The summed E-state index contributed by atoms with van der Waals surface area (Å²) in [4.78, 5) is 4.46. The molecular weight excluding hydrogens is 331 g/mol. The first-order valence-electron chi connectivity index (χ1n) is 6.39. The van der Waals surface area contributed by atoms with E-state index < -0.39 is 0 Å². The molecule has 0 aliphatic rings. The molecule has 0 radical (unpaired) electrons. The predicted molar refractivity (Wildman–Crippen MR) is 81.1 cm³/mol. The Hall–Kier alpha value is -0.610. The van der Waals surface area contributed by atoms with Crippen molar-refractivity contribution >= 4 is 38.6 Å². The molecule has 1 aromatic carbocycles. The zero-order valence-corrected chi connectivity index (χ0v) is 13.6. The van der Waals surface area contributed by atoms with E-state index >= 15 is 0 Å². The summed E-state index contributed by atoms with van der Waals surface area (Å²) >= 11 is 9.41. The number of halogens is 3. The number of aryl methyl sites for hydroxylation is 1. The minimum Gasteiger partial charge on any atom is -0.327 e. The standard InChI is InChI=1S/C14H17BrClFN2/c1-8(2)4-5-19-13-6-10(15)11(17)7-12(13)18-14(19)9(3)16/h6-9H,4-5H2,1-3H3. The zero-order valence-electron chi connectivity index (χ0n) is 11.3. The Morgan fingerprint density at radius 3 is 2.63 bits per heavy atom. The quantitative estimate of drug-likeness (QED) is 0.688. The molecule has 0 fully saturated rings. The van der Waals surface area contributed by atoms with E-state index in [1.807, 2.05) is 6.92 Å². The fourth-order valence-corrected chi connectivity index (χ4v) is 2.56. The number of aromatic nitrogens is 2. The summed E-state index contributed by atoms with van der Waals surface area (Å²) in [6.45, 7) is 7.09. The maximum atomic E-state index is 13.6. The molecule has 0 N–H and O–H groups in total. The Morgan fingerprint density at radius 1 is 1.37 bits per heavy atom. The van der Waals surface area contributed by atoms with Crippen LogP contribution in [0.15, 0.2) is 16.6 Å². The van der Waals surface area contributed by atoms with Crippen molar-refractivity contribution < 1.29 is 4.39 Å². The molecular formula is C14H17BrClFN2. The Balaban J connectivity index is 2.55. The number of alkyl halides is 1. The molecule has 1 atom stereocenters. The molecule has 104 valence electrons. The first-order chi connectivity index (χ1) is 8.90. The Kier molecular flexibility index (Phi) is 4.51. The highest BCUT2D eigenvalue weighted by Gasteiger charge is 2.16. The largest absolute Gasteiger partial charge is 0.327 e. The minimum atomic E-state index is -0.296. The fourth-order valence-electron chi connectivity index (χ4n) is 2.06. The Morgan fingerprint density at radius 2 is 2.05 bits per heavy atom. The molecule has 2 rings (SSSR count). The van der Waals surface area contributed by atoms with Gasteiger partial charge in [0, 0.05) is 12.6 Å². The number of hydrogen-bond acceptors (Lipinski definition) is 1. The van der Waals surface area contributed by atoms with Crippen LogP contribution in [0.2, 0.25) is 0 Å². The summed E-state index contributed by atoms with van der Waals surface area (Å²) in [7, 11) is 0. The van der Waals surface area contributed by atoms with Crippen LogP contribution in [-0.4, -0.2) is 9.55 Å². The van der Waals surface area contributed by atoms with E-state index in [4.69, 9.17) is 11.6 Å². The lowest BCUT2D eigenvalue weighted by Crippen LogP contribution is -2.06. The van der Waals surface area contributed by atoms with Crippen LogP contribution in [-0.2, 0) is 6.54 Å². The van der Waals surface area contributed by atoms with Gasteiger partial charge in [-0.15, -0.1) is 11.6 Å². The molecule has 0 aliphatic heterocycles. The predicted octanol–water partition coefficient (Wildman–Crippen LogP) is 5.28. The van der Waals surface area contributed by atoms with Crippen LogP contribution in [0.25, 0.3) is 11.0 Å². The van der Waals surface area contributed by atoms with Crippen molar-refractivity contribution in [3.8, 4) is 0 Å². The van der Waals surface area contributed by atoms with Crippen LogP contribution in [0, 0.1) is 11.7 Å². The first kappa shape index (κ1) is 14.8. The summed E-state index contributed by atoms with van der Waals surface area (Å²) in [6.07, 6.45) is 1.04. The number of benzene rings is 1. The van der Waals surface area contributed by atoms with E-state index in [1.54, 1.807) is 6.07 Å². The summed E-state index contributed by atoms with van der Waals surface area (Å²) < 4.78 is 16.1. The molecule has 0 saturated heterocycles. The molecule has 2 nitrogen and oxygen atoms in total. The van der Waals surface area contributed by atoms with Crippen LogP contribution in [0.5, 0.6) is 0 Å². The zero-order chi connectivity index (χ0) is 14.2. The van der Waals surface area contributed by atoms with Gasteiger partial charge in [-0.25, -0.2) is 9.37 Å². The van der Waals surface area contributed by atoms with Gasteiger partial charge in [-0.05, 0) is 41.3 Å². The third kappa shape index (κ3) is 3.11. The lowest BCUT2D eigenvalue weighted by Gasteiger charge is -2.12. The second-order valence-corrected chi connectivity index (χ2v) is 6.68. The molecule has 1 aromatic heterocycles. The Bertz CT molecular complexity index is 593. The van der Waals surface area contributed by atoms with E-state index in [2.05, 4.69) is 39.3 Å². The lowest BCUT2D eigenvalue weighted by molar-refractivity contribution is 0.512. The third-order valence-electron chi connectivity index (χ3n) is 3.11. The van der Waals surface area contributed by atoms with Crippen molar-refractivity contribution in [1.29, 1.82) is 0 Å². The van der Waals surface area contributed by atoms with E-state index in [-0.39, 0.29) is 11.2 Å². The number of imidazole rings is 1. The van der Waals surface area contributed by atoms with Crippen molar-refractivity contribution in [3.63, 3.8) is 0 Å². The van der Waals surface area contributed by atoms with Crippen LogP contribution < -0.4 is 0 Å². The fraction of sp³-hybridized carbons (Fsp3) is 0.500. The number of fused-ring (bicyclic) bond motifs is 1. The third-order valence-corrected chi connectivity index (χ3v) is 3.91. The van der Waals surface area contributed by atoms with Gasteiger partial charge < -0.3 is 4.57 Å². The lowest BCUT2D eigenvalue weighted by atomic mass is 10.1. The van der Waals surface area contributed by atoms with Gasteiger partial charge in [0.1, 0.15) is 11.6 Å². The highest BCUT2D eigenvalue weighted by molar-refractivity contribution is 9.10. The van der Waals surface area contributed by atoms with Gasteiger partial charge >= 0.3 is 0 Å². The summed E-state index contributed by atoms with van der Waals surface area (Å²) in [6, 6.07) is 3.23. The van der Waals surface area contributed by atoms with E-state index in [0.717, 1.165) is 24.3 Å². The van der Waals surface area contributed by atoms with Crippen molar-refractivity contribution in [2.24, 2.45) is 5.92 Å². The maximum absolute atomic E-state index is 13.6. The van der Waals surface area contributed by atoms with Crippen LogP contribution in [0.4, 0.5) is 4.39 Å². The van der Waals surface area contributed by atoms with Gasteiger partial charge in [0.15, 0.2) is 0 Å². The normalized spacial score (nSPS) is 13.4. The van der Waals surface area contributed by atoms with Crippen molar-refractivity contribution in [3.05, 3.63) is 28.2 Å². The topological polar surface area (TPSA) is 17.8 Å². The van der Waals surface area contributed by atoms with Crippen molar-refractivity contribution in [2.45, 2.75) is 39.1 Å². The average Bonchev–Trinajstić information content (AvgIpc) is 2.65. The monoisotopic (exact) mass is 346 g/mol. The molecule has 0 saturated carbocycles.